The molecule has 1 heterocycles. The molecule has 1 unspecified atom stereocenters. The molecule has 2 aromatic rings. The zero-order chi connectivity index (χ0) is 14.5. The lowest BCUT2D eigenvalue weighted by Crippen LogP contribution is -2.19. The fourth-order valence-corrected chi connectivity index (χ4v) is 2.39. The van der Waals surface area contributed by atoms with Crippen molar-refractivity contribution in [3.8, 4) is 5.75 Å². The monoisotopic (exact) mass is 338 g/mol. The molecule has 0 aliphatic heterocycles. The number of benzene rings is 1. The smallest absolute Gasteiger partial charge is 0.123 e. The van der Waals surface area contributed by atoms with E-state index in [0.717, 1.165) is 15.6 Å². The number of hydrogen-bond donors (Lipinski definition) is 1. The fraction of sp³-hybridized carbons (Fsp3) is 0.267. The molecule has 3 nitrogen and oxygen atoms in total. The molecule has 1 atom stereocenters. The van der Waals surface area contributed by atoms with Crippen LogP contribution in [0, 0.1) is 5.82 Å². The average molecular weight is 339 g/mol. The highest BCUT2D eigenvalue weighted by Gasteiger charge is 2.12. The van der Waals surface area contributed by atoms with Crippen molar-refractivity contribution in [3.05, 3.63) is 58.1 Å². The first-order chi connectivity index (χ1) is 9.60. The molecule has 0 saturated carbocycles. The molecule has 106 valence electrons. The van der Waals surface area contributed by atoms with Crippen LogP contribution in [0.5, 0.6) is 5.75 Å². The lowest BCUT2D eigenvalue weighted by atomic mass is 10.1. The van der Waals surface area contributed by atoms with E-state index in [1.807, 2.05) is 13.0 Å². The number of halogens is 2. The second-order valence-electron chi connectivity index (χ2n) is 4.50. The molecule has 1 aromatic heterocycles. The first-order valence-corrected chi connectivity index (χ1v) is 7.05. The Bertz CT molecular complexity index is 592. The lowest BCUT2D eigenvalue weighted by molar-refractivity contribution is 0.399. The molecular weight excluding hydrogens is 323 g/mol. The molecule has 5 heteroatoms. The van der Waals surface area contributed by atoms with Crippen molar-refractivity contribution in [3.63, 3.8) is 0 Å². The minimum absolute atomic E-state index is 0.0281. The summed E-state index contributed by atoms with van der Waals surface area (Å²) in [5.41, 5.74) is 1.86. The van der Waals surface area contributed by atoms with Crippen LogP contribution in [0.1, 0.15) is 24.1 Å². The van der Waals surface area contributed by atoms with E-state index >= 15 is 0 Å². The van der Waals surface area contributed by atoms with Crippen LogP contribution in [0.2, 0.25) is 0 Å². The van der Waals surface area contributed by atoms with Crippen molar-refractivity contribution in [2.75, 3.05) is 7.11 Å². The van der Waals surface area contributed by atoms with E-state index in [1.165, 1.54) is 12.1 Å². The van der Waals surface area contributed by atoms with Gasteiger partial charge >= 0.3 is 0 Å². The summed E-state index contributed by atoms with van der Waals surface area (Å²) in [6, 6.07) is 6.50. The highest BCUT2D eigenvalue weighted by molar-refractivity contribution is 9.10. The quantitative estimate of drug-likeness (QED) is 0.899. The second kappa shape index (κ2) is 6.81. The molecule has 20 heavy (non-hydrogen) atoms. The molecule has 2 rings (SSSR count). The Morgan fingerprint density at radius 3 is 2.85 bits per heavy atom. The van der Waals surface area contributed by atoms with Gasteiger partial charge in [-0.05, 0) is 52.7 Å². The summed E-state index contributed by atoms with van der Waals surface area (Å²) < 4.78 is 19.6. The Hall–Kier alpha value is -1.46. The minimum atomic E-state index is -0.265. The normalized spacial score (nSPS) is 12.2. The fourth-order valence-electron chi connectivity index (χ4n) is 1.98. The minimum Gasteiger partial charge on any atom is -0.496 e. The molecule has 0 bridgehead atoms. The van der Waals surface area contributed by atoms with Gasteiger partial charge < -0.3 is 10.1 Å². The van der Waals surface area contributed by atoms with Crippen molar-refractivity contribution in [1.82, 2.24) is 10.3 Å². The summed E-state index contributed by atoms with van der Waals surface area (Å²) in [5, 5.41) is 3.34. The van der Waals surface area contributed by atoms with Gasteiger partial charge in [0.25, 0.3) is 0 Å². The van der Waals surface area contributed by atoms with Gasteiger partial charge in [0.2, 0.25) is 0 Å². The first kappa shape index (κ1) is 14.9. The van der Waals surface area contributed by atoms with E-state index in [2.05, 4.69) is 26.2 Å². The Labute approximate surface area is 126 Å². The number of ether oxygens (including phenoxy) is 1. The van der Waals surface area contributed by atoms with Gasteiger partial charge in [0.1, 0.15) is 11.6 Å². The predicted molar refractivity (Wildman–Crippen MR) is 80.1 cm³/mol. The molecule has 0 amide bonds. The standard InChI is InChI=1S/C15H16BrFN2O/c1-10(14-6-13(17)3-4-15(14)20-2)19-8-11-5-12(16)9-18-7-11/h3-7,9-10,19H,8H2,1-2H3. The number of nitrogens with one attached hydrogen (secondary N) is 1. The summed E-state index contributed by atoms with van der Waals surface area (Å²) in [7, 11) is 1.59. The highest BCUT2D eigenvalue weighted by atomic mass is 79.9. The van der Waals surface area contributed by atoms with Crippen LogP contribution in [0.15, 0.2) is 41.1 Å². The first-order valence-electron chi connectivity index (χ1n) is 6.26. The Kier molecular flexibility index (Phi) is 5.09. The van der Waals surface area contributed by atoms with Crippen molar-refractivity contribution in [2.45, 2.75) is 19.5 Å². The molecule has 0 aliphatic rings. The Morgan fingerprint density at radius 2 is 2.15 bits per heavy atom. The molecule has 0 spiro atoms. The van der Waals surface area contributed by atoms with E-state index in [1.54, 1.807) is 25.6 Å². The van der Waals surface area contributed by atoms with Gasteiger partial charge in [0.15, 0.2) is 0 Å². The van der Waals surface area contributed by atoms with Gasteiger partial charge in [-0.2, -0.15) is 0 Å². The van der Waals surface area contributed by atoms with Gasteiger partial charge in [0.05, 0.1) is 7.11 Å². The molecule has 0 radical (unpaired) electrons. The maximum absolute atomic E-state index is 13.4. The summed E-state index contributed by atoms with van der Waals surface area (Å²) in [5.74, 6) is 0.414. The van der Waals surface area contributed by atoms with Crippen molar-refractivity contribution in [1.29, 1.82) is 0 Å². The third-order valence-electron chi connectivity index (χ3n) is 3.03. The lowest BCUT2D eigenvalue weighted by Gasteiger charge is -2.17. The maximum Gasteiger partial charge on any atom is 0.123 e. The predicted octanol–water partition coefficient (Wildman–Crippen LogP) is 3.84. The zero-order valence-electron chi connectivity index (χ0n) is 11.4. The van der Waals surface area contributed by atoms with Gasteiger partial charge in [0, 0.05) is 35.0 Å². The third-order valence-corrected chi connectivity index (χ3v) is 3.47. The largest absolute Gasteiger partial charge is 0.496 e. The highest BCUT2D eigenvalue weighted by Crippen LogP contribution is 2.26. The summed E-state index contributed by atoms with van der Waals surface area (Å²) in [6.45, 7) is 2.62. The topological polar surface area (TPSA) is 34.1 Å². The number of hydrogen-bond acceptors (Lipinski definition) is 3. The van der Waals surface area contributed by atoms with Gasteiger partial charge in [-0.25, -0.2) is 4.39 Å². The van der Waals surface area contributed by atoms with E-state index in [0.29, 0.717) is 12.3 Å². The van der Waals surface area contributed by atoms with Crippen LogP contribution in [-0.4, -0.2) is 12.1 Å². The van der Waals surface area contributed by atoms with Gasteiger partial charge in [-0.15, -0.1) is 0 Å². The van der Waals surface area contributed by atoms with E-state index in [-0.39, 0.29) is 11.9 Å². The number of pyridine rings is 1. The average Bonchev–Trinajstić information content (AvgIpc) is 2.45. The van der Waals surface area contributed by atoms with E-state index < -0.39 is 0 Å². The van der Waals surface area contributed by atoms with Crippen LogP contribution in [0.3, 0.4) is 0 Å². The van der Waals surface area contributed by atoms with Gasteiger partial charge in [-0.3, -0.25) is 4.98 Å². The maximum atomic E-state index is 13.4. The molecule has 1 N–H and O–H groups in total. The summed E-state index contributed by atoms with van der Waals surface area (Å²) in [4.78, 5) is 4.11. The van der Waals surface area contributed by atoms with Crippen LogP contribution in [0.4, 0.5) is 4.39 Å². The molecule has 0 fully saturated rings. The van der Waals surface area contributed by atoms with Crippen LogP contribution >= 0.6 is 15.9 Å². The Balaban J connectivity index is 2.08. The number of nitrogens with zero attached hydrogens (tertiary/aromatic N) is 1. The number of rotatable bonds is 5. The summed E-state index contributed by atoms with van der Waals surface area (Å²) in [6.07, 6.45) is 3.54. The third kappa shape index (κ3) is 3.77. The van der Waals surface area contributed by atoms with Crippen LogP contribution in [-0.2, 0) is 6.54 Å². The molecule has 0 saturated heterocycles. The molecule has 1 aromatic carbocycles. The van der Waals surface area contributed by atoms with Crippen molar-refractivity contribution >= 4 is 15.9 Å². The van der Waals surface area contributed by atoms with Gasteiger partial charge in [-0.1, -0.05) is 0 Å². The Morgan fingerprint density at radius 1 is 1.35 bits per heavy atom. The molecular formula is C15H16BrFN2O. The van der Waals surface area contributed by atoms with E-state index in [4.69, 9.17) is 4.74 Å². The number of methoxy groups -OCH3 is 1. The SMILES string of the molecule is COc1ccc(F)cc1C(C)NCc1cncc(Br)c1. The van der Waals surface area contributed by atoms with Crippen molar-refractivity contribution in [2.24, 2.45) is 0 Å². The summed E-state index contributed by atoms with van der Waals surface area (Å²) >= 11 is 3.39. The zero-order valence-corrected chi connectivity index (χ0v) is 12.9. The van der Waals surface area contributed by atoms with Crippen LogP contribution < -0.4 is 10.1 Å². The number of aromatic nitrogens is 1. The van der Waals surface area contributed by atoms with Crippen molar-refractivity contribution < 1.29 is 9.13 Å². The van der Waals surface area contributed by atoms with E-state index in [9.17, 15) is 4.39 Å². The molecule has 0 aliphatic carbocycles. The van der Waals surface area contributed by atoms with Crippen LogP contribution in [0.25, 0.3) is 0 Å². The second-order valence-corrected chi connectivity index (χ2v) is 5.42.